The lowest BCUT2D eigenvalue weighted by molar-refractivity contribution is 0.306. The third-order valence-corrected chi connectivity index (χ3v) is 2.78. The minimum absolute atomic E-state index is 0.621. The van der Waals surface area contributed by atoms with E-state index in [1.54, 1.807) is 22.2 Å². The summed E-state index contributed by atoms with van der Waals surface area (Å²) in [6.45, 7) is 2.72. The third kappa shape index (κ3) is 2.14. The van der Waals surface area contributed by atoms with Gasteiger partial charge >= 0.3 is 0 Å². The van der Waals surface area contributed by atoms with Gasteiger partial charge in [-0.1, -0.05) is 0 Å². The fourth-order valence-electron chi connectivity index (χ4n) is 1.21. The normalized spacial score (nSPS) is 10.4. The fraction of sp³-hybridized carbons (Fsp3) is 0.300. The van der Waals surface area contributed by atoms with Crippen LogP contribution in [0, 0.1) is 6.92 Å². The largest absolute Gasteiger partial charge is 0.486 e. The van der Waals surface area contributed by atoms with E-state index in [1.165, 1.54) is 10.4 Å². The Balaban J connectivity index is 1.94. The predicted octanol–water partition coefficient (Wildman–Crippen LogP) is 2.37. The Morgan fingerprint density at radius 3 is 3.00 bits per heavy atom. The van der Waals surface area contributed by atoms with E-state index in [1.807, 2.05) is 13.2 Å². The molecular formula is C10H12N2OS. The molecule has 0 aliphatic heterocycles. The first-order valence-electron chi connectivity index (χ1n) is 4.39. The van der Waals surface area contributed by atoms with Gasteiger partial charge in [-0.3, -0.25) is 4.68 Å². The lowest BCUT2D eigenvalue weighted by atomic mass is 10.3. The first-order chi connectivity index (χ1) is 6.74. The smallest absolute Gasteiger partial charge is 0.157 e. The molecule has 0 aromatic carbocycles. The molecule has 0 radical (unpaired) electrons. The Kier molecular flexibility index (Phi) is 2.54. The van der Waals surface area contributed by atoms with E-state index in [0.29, 0.717) is 6.61 Å². The van der Waals surface area contributed by atoms with E-state index in [2.05, 4.69) is 23.5 Å². The molecule has 14 heavy (non-hydrogen) atoms. The van der Waals surface area contributed by atoms with Crippen LogP contribution in [0.15, 0.2) is 23.8 Å². The number of rotatable bonds is 3. The third-order valence-electron chi connectivity index (χ3n) is 1.87. The van der Waals surface area contributed by atoms with E-state index in [4.69, 9.17) is 4.74 Å². The Labute approximate surface area is 86.9 Å². The van der Waals surface area contributed by atoms with Gasteiger partial charge in [-0.05, 0) is 18.4 Å². The van der Waals surface area contributed by atoms with Crippen LogP contribution in [0.1, 0.15) is 10.4 Å². The molecule has 4 heteroatoms. The molecule has 0 spiro atoms. The van der Waals surface area contributed by atoms with Crippen LogP contribution in [0.2, 0.25) is 0 Å². The van der Waals surface area contributed by atoms with Crippen molar-refractivity contribution in [2.24, 2.45) is 7.05 Å². The summed E-state index contributed by atoms with van der Waals surface area (Å²) in [5.41, 5.74) is 1.22. The topological polar surface area (TPSA) is 27.1 Å². The van der Waals surface area contributed by atoms with Crippen LogP contribution in [-0.2, 0) is 13.7 Å². The standard InChI is InChI=1S/C10H12N2OS/c1-8-3-9(7-14-8)6-13-10-4-11-12(2)5-10/h3-5,7H,6H2,1-2H3. The fourth-order valence-corrected chi connectivity index (χ4v) is 1.91. The molecule has 0 unspecified atom stereocenters. The lowest BCUT2D eigenvalue weighted by Gasteiger charge is -1.99. The van der Waals surface area contributed by atoms with Crippen LogP contribution in [-0.4, -0.2) is 9.78 Å². The highest BCUT2D eigenvalue weighted by Crippen LogP contribution is 2.16. The number of thiophene rings is 1. The number of ether oxygens (including phenoxy) is 1. The van der Waals surface area contributed by atoms with Crippen molar-refractivity contribution < 1.29 is 4.74 Å². The highest BCUT2D eigenvalue weighted by atomic mass is 32.1. The van der Waals surface area contributed by atoms with Gasteiger partial charge in [0.25, 0.3) is 0 Å². The summed E-state index contributed by atoms with van der Waals surface area (Å²) < 4.78 is 7.28. The summed E-state index contributed by atoms with van der Waals surface area (Å²) in [4.78, 5) is 1.31. The van der Waals surface area contributed by atoms with Gasteiger partial charge in [0.05, 0.1) is 12.4 Å². The van der Waals surface area contributed by atoms with Gasteiger partial charge in [0.2, 0.25) is 0 Å². The second kappa shape index (κ2) is 3.84. The number of nitrogens with zero attached hydrogens (tertiary/aromatic N) is 2. The van der Waals surface area contributed by atoms with E-state index in [0.717, 1.165) is 5.75 Å². The predicted molar refractivity (Wildman–Crippen MR) is 56.6 cm³/mol. The molecule has 2 aromatic heterocycles. The van der Waals surface area contributed by atoms with Crippen molar-refractivity contribution in [3.05, 3.63) is 34.3 Å². The SMILES string of the molecule is Cc1cc(COc2cnn(C)c2)cs1. The molecule has 0 saturated heterocycles. The molecule has 74 valence electrons. The van der Waals surface area contributed by atoms with E-state index in [-0.39, 0.29) is 0 Å². The Morgan fingerprint density at radius 1 is 1.57 bits per heavy atom. The Bertz CT molecular complexity index is 379. The maximum Gasteiger partial charge on any atom is 0.157 e. The van der Waals surface area contributed by atoms with Gasteiger partial charge in [0, 0.05) is 17.5 Å². The molecule has 2 aromatic rings. The van der Waals surface area contributed by atoms with Gasteiger partial charge in [-0.25, -0.2) is 0 Å². The molecule has 2 heterocycles. The summed E-state index contributed by atoms with van der Waals surface area (Å²) in [7, 11) is 1.88. The number of aryl methyl sites for hydroxylation is 2. The van der Waals surface area contributed by atoms with Gasteiger partial charge < -0.3 is 4.74 Å². The van der Waals surface area contributed by atoms with E-state index in [9.17, 15) is 0 Å². The van der Waals surface area contributed by atoms with Crippen molar-refractivity contribution in [2.45, 2.75) is 13.5 Å². The second-order valence-electron chi connectivity index (χ2n) is 3.20. The summed E-state index contributed by atoms with van der Waals surface area (Å²) in [6.07, 6.45) is 3.58. The molecule has 0 saturated carbocycles. The number of hydrogen-bond acceptors (Lipinski definition) is 3. The zero-order valence-electron chi connectivity index (χ0n) is 8.23. The quantitative estimate of drug-likeness (QED) is 0.774. The monoisotopic (exact) mass is 208 g/mol. The van der Waals surface area contributed by atoms with Gasteiger partial charge in [-0.15, -0.1) is 11.3 Å². The minimum Gasteiger partial charge on any atom is -0.486 e. The van der Waals surface area contributed by atoms with Crippen LogP contribution >= 0.6 is 11.3 Å². The van der Waals surface area contributed by atoms with Crippen molar-refractivity contribution >= 4 is 11.3 Å². The van der Waals surface area contributed by atoms with Crippen LogP contribution in [0.5, 0.6) is 5.75 Å². The van der Waals surface area contributed by atoms with Crippen LogP contribution in [0.25, 0.3) is 0 Å². The molecular weight excluding hydrogens is 196 g/mol. The van der Waals surface area contributed by atoms with Crippen molar-refractivity contribution in [3.63, 3.8) is 0 Å². The second-order valence-corrected chi connectivity index (χ2v) is 4.32. The van der Waals surface area contributed by atoms with Crippen molar-refractivity contribution in [1.82, 2.24) is 9.78 Å². The van der Waals surface area contributed by atoms with E-state index < -0.39 is 0 Å². The first kappa shape index (κ1) is 9.27. The molecule has 0 N–H and O–H groups in total. The van der Waals surface area contributed by atoms with Crippen molar-refractivity contribution in [1.29, 1.82) is 0 Å². The summed E-state index contributed by atoms with van der Waals surface area (Å²) in [5.74, 6) is 0.816. The zero-order chi connectivity index (χ0) is 9.97. The summed E-state index contributed by atoms with van der Waals surface area (Å²) in [6, 6.07) is 2.14. The summed E-state index contributed by atoms with van der Waals surface area (Å²) in [5, 5.41) is 6.15. The molecule has 0 amide bonds. The minimum atomic E-state index is 0.621. The van der Waals surface area contributed by atoms with Crippen LogP contribution in [0.3, 0.4) is 0 Å². The maximum absolute atomic E-state index is 5.55. The average molecular weight is 208 g/mol. The van der Waals surface area contributed by atoms with Crippen LogP contribution in [0.4, 0.5) is 0 Å². The van der Waals surface area contributed by atoms with Gasteiger partial charge in [0.1, 0.15) is 6.61 Å². The maximum atomic E-state index is 5.55. The number of hydrogen-bond donors (Lipinski definition) is 0. The molecule has 0 aliphatic rings. The molecule has 0 atom stereocenters. The highest BCUT2D eigenvalue weighted by molar-refractivity contribution is 7.10. The average Bonchev–Trinajstić information content (AvgIpc) is 2.72. The molecule has 0 bridgehead atoms. The Hall–Kier alpha value is -1.29. The van der Waals surface area contributed by atoms with Crippen molar-refractivity contribution in [3.8, 4) is 5.75 Å². The highest BCUT2D eigenvalue weighted by Gasteiger charge is 1.99. The van der Waals surface area contributed by atoms with Crippen LogP contribution < -0.4 is 4.74 Å². The first-order valence-corrected chi connectivity index (χ1v) is 5.27. The van der Waals surface area contributed by atoms with Gasteiger partial charge in [-0.2, -0.15) is 5.10 Å². The molecule has 0 fully saturated rings. The van der Waals surface area contributed by atoms with Crippen molar-refractivity contribution in [2.75, 3.05) is 0 Å². The summed E-state index contributed by atoms with van der Waals surface area (Å²) >= 11 is 1.74. The number of aromatic nitrogens is 2. The molecule has 0 aliphatic carbocycles. The van der Waals surface area contributed by atoms with Gasteiger partial charge in [0.15, 0.2) is 5.75 Å². The van der Waals surface area contributed by atoms with E-state index >= 15 is 0 Å². The molecule has 2 rings (SSSR count). The zero-order valence-corrected chi connectivity index (χ0v) is 9.04. The molecule has 3 nitrogen and oxygen atoms in total. The lowest BCUT2D eigenvalue weighted by Crippen LogP contribution is -1.92. The Morgan fingerprint density at radius 2 is 2.43 bits per heavy atom.